The molecule has 0 radical (unpaired) electrons. The molecule has 0 aliphatic rings. The molecule has 2 atom stereocenters. The molecule has 0 spiro atoms. The topological polar surface area (TPSA) is 104 Å². The van der Waals surface area contributed by atoms with Gasteiger partial charge in [0.25, 0.3) is 0 Å². The molecule has 0 aliphatic heterocycles. The zero-order valence-corrected chi connectivity index (χ0v) is 18.3. The summed E-state index contributed by atoms with van der Waals surface area (Å²) in [7, 11) is 0. The normalized spacial score (nSPS) is 13.7. The van der Waals surface area contributed by atoms with E-state index in [2.05, 4.69) is 55.3 Å². The Balaban J connectivity index is 2.00. The van der Waals surface area contributed by atoms with Crippen LogP contribution in [0.25, 0.3) is 0 Å². The highest BCUT2D eigenvalue weighted by Crippen LogP contribution is 2.22. The summed E-state index contributed by atoms with van der Waals surface area (Å²) in [4.78, 5) is 26.6. The van der Waals surface area contributed by atoms with Crippen molar-refractivity contribution < 1.29 is 19.8 Å². The molecule has 2 rings (SSSR count). The SMILES string of the molecule is CC(CCC(=O)O)CNC(Cc1cncn1Cc1ccc(C(C)(C)C)cc1)C(=O)O. The molecular formula is C23H33N3O4. The van der Waals surface area contributed by atoms with Gasteiger partial charge in [0.1, 0.15) is 6.04 Å². The van der Waals surface area contributed by atoms with Crippen molar-refractivity contribution in [2.24, 2.45) is 5.92 Å². The minimum Gasteiger partial charge on any atom is -0.481 e. The number of carboxylic acids is 2. The van der Waals surface area contributed by atoms with Gasteiger partial charge in [-0.05, 0) is 35.4 Å². The fourth-order valence-electron chi connectivity index (χ4n) is 3.24. The molecular weight excluding hydrogens is 382 g/mol. The Hall–Kier alpha value is -2.67. The second kappa shape index (κ2) is 10.4. The first kappa shape index (κ1) is 23.6. The minimum absolute atomic E-state index is 0.0780. The maximum Gasteiger partial charge on any atom is 0.321 e. The summed E-state index contributed by atoms with van der Waals surface area (Å²) in [5.41, 5.74) is 3.34. The van der Waals surface area contributed by atoms with Crippen LogP contribution in [0.5, 0.6) is 0 Å². The Labute approximate surface area is 178 Å². The standard InChI is InChI=1S/C23H33N3O4/c1-16(5-10-21(27)28)12-25-20(22(29)30)11-19-13-24-15-26(19)14-17-6-8-18(9-7-17)23(2,3)4/h6-9,13,15-16,20,25H,5,10-12,14H2,1-4H3,(H,27,28)(H,29,30). The monoisotopic (exact) mass is 415 g/mol. The first-order valence-corrected chi connectivity index (χ1v) is 10.3. The number of imidazole rings is 1. The van der Waals surface area contributed by atoms with Gasteiger partial charge in [-0.3, -0.25) is 9.59 Å². The van der Waals surface area contributed by atoms with Crippen molar-refractivity contribution in [1.29, 1.82) is 0 Å². The van der Waals surface area contributed by atoms with Gasteiger partial charge in [0.2, 0.25) is 0 Å². The van der Waals surface area contributed by atoms with Crippen LogP contribution >= 0.6 is 0 Å². The first-order valence-electron chi connectivity index (χ1n) is 10.3. The third-order valence-electron chi connectivity index (χ3n) is 5.25. The van der Waals surface area contributed by atoms with Crippen molar-refractivity contribution in [3.05, 3.63) is 53.6 Å². The number of aromatic nitrogens is 2. The third-order valence-corrected chi connectivity index (χ3v) is 5.25. The van der Waals surface area contributed by atoms with E-state index in [9.17, 15) is 14.7 Å². The highest BCUT2D eigenvalue weighted by molar-refractivity contribution is 5.73. The van der Waals surface area contributed by atoms with Crippen LogP contribution in [0.1, 0.15) is 57.4 Å². The summed E-state index contributed by atoms with van der Waals surface area (Å²) in [5.74, 6) is -1.69. The van der Waals surface area contributed by atoms with Crippen molar-refractivity contribution in [2.45, 2.75) is 65.0 Å². The fourth-order valence-corrected chi connectivity index (χ4v) is 3.24. The molecule has 7 heteroatoms. The van der Waals surface area contributed by atoms with Crippen molar-refractivity contribution in [3.8, 4) is 0 Å². The number of carboxylic acid groups (broad SMARTS) is 2. The number of benzene rings is 1. The number of hydrogen-bond donors (Lipinski definition) is 3. The van der Waals surface area contributed by atoms with E-state index in [-0.39, 0.29) is 17.8 Å². The van der Waals surface area contributed by atoms with Crippen molar-refractivity contribution >= 4 is 11.9 Å². The van der Waals surface area contributed by atoms with Crippen LogP contribution in [0.4, 0.5) is 0 Å². The van der Waals surface area contributed by atoms with Gasteiger partial charge in [-0.25, -0.2) is 4.98 Å². The van der Waals surface area contributed by atoms with E-state index < -0.39 is 18.0 Å². The molecule has 0 bridgehead atoms. The number of nitrogens with zero attached hydrogens (tertiary/aromatic N) is 2. The lowest BCUT2D eigenvalue weighted by Gasteiger charge is -2.20. The van der Waals surface area contributed by atoms with Gasteiger partial charge in [-0.2, -0.15) is 0 Å². The Morgan fingerprint density at radius 1 is 1.17 bits per heavy atom. The number of rotatable bonds is 11. The second-order valence-electron chi connectivity index (χ2n) is 9.00. The number of carbonyl (C=O) groups is 2. The maximum absolute atomic E-state index is 11.7. The van der Waals surface area contributed by atoms with Gasteiger partial charge in [-0.1, -0.05) is 52.0 Å². The zero-order chi connectivity index (χ0) is 22.3. The van der Waals surface area contributed by atoms with Gasteiger partial charge >= 0.3 is 11.9 Å². The Morgan fingerprint density at radius 2 is 1.83 bits per heavy atom. The highest BCUT2D eigenvalue weighted by Gasteiger charge is 2.21. The summed E-state index contributed by atoms with van der Waals surface area (Å²) in [6.07, 6.45) is 4.33. The maximum atomic E-state index is 11.7. The van der Waals surface area contributed by atoms with Crippen LogP contribution in [0.3, 0.4) is 0 Å². The van der Waals surface area contributed by atoms with Gasteiger partial charge in [0.05, 0.1) is 6.33 Å². The number of hydrogen-bond acceptors (Lipinski definition) is 4. The summed E-state index contributed by atoms with van der Waals surface area (Å²) in [6.45, 7) is 9.53. The van der Waals surface area contributed by atoms with Crippen LogP contribution in [0.2, 0.25) is 0 Å². The lowest BCUT2D eigenvalue weighted by atomic mass is 9.87. The molecule has 0 aliphatic carbocycles. The first-order chi connectivity index (χ1) is 14.1. The summed E-state index contributed by atoms with van der Waals surface area (Å²) >= 11 is 0. The molecule has 1 aromatic heterocycles. The van der Waals surface area contributed by atoms with Crippen LogP contribution in [-0.2, 0) is 28.0 Å². The lowest BCUT2D eigenvalue weighted by molar-refractivity contribution is -0.140. The quantitative estimate of drug-likeness (QED) is 0.520. The number of aliphatic carboxylic acids is 2. The average molecular weight is 416 g/mol. The van der Waals surface area contributed by atoms with Gasteiger partial charge in [-0.15, -0.1) is 0 Å². The zero-order valence-electron chi connectivity index (χ0n) is 18.3. The number of nitrogens with one attached hydrogen (secondary N) is 1. The molecule has 2 unspecified atom stereocenters. The Bertz CT molecular complexity index is 837. The van der Waals surface area contributed by atoms with E-state index in [1.165, 1.54) is 5.56 Å². The summed E-state index contributed by atoms with van der Waals surface area (Å²) in [5, 5.41) is 21.4. The molecule has 0 saturated carbocycles. The van der Waals surface area contributed by atoms with Crippen molar-refractivity contribution in [1.82, 2.24) is 14.9 Å². The molecule has 1 aromatic carbocycles. The summed E-state index contributed by atoms with van der Waals surface area (Å²) in [6, 6.07) is 7.71. The van der Waals surface area contributed by atoms with E-state index in [0.29, 0.717) is 25.9 Å². The molecule has 3 N–H and O–H groups in total. The second-order valence-corrected chi connectivity index (χ2v) is 9.00. The molecule has 1 heterocycles. The molecule has 7 nitrogen and oxygen atoms in total. The predicted molar refractivity (Wildman–Crippen MR) is 116 cm³/mol. The largest absolute Gasteiger partial charge is 0.481 e. The van der Waals surface area contributed by atoms with E-state index in [1.54, 1.807) is 12.5 Å². The van der Waals surface area contributed by atoms with Crippen LogP contribution < -0.4 is 5.32 Å². The van der Waals surface area contributed by atoms with Gasteiger partial charge in [0, 0.05) is 31.3 Å². The Kier molecular flexibility index (Phi) is 8.17. The molecule has 164 valence electrons. The average Bonchev–Trinajstić information content (AvgIpc) is 3.09. The molecule has 2 aromatic rings. The van der Waals surface area contributed by atoms with E-state index in [0.717, 1.165) is 11.3 Å². The molecule has 0 amide bonds. The fraction of sp³-hybridized carbons (Fsp3) is 0.522. The molecule has 0 fully saturated rings. The van der Waals surface area contributed by atoms with E-state index >= 15 is 0 Å². The van der Waals surface area contributed by atoms with Crippen LogP contribution in [0, 0.1) is 5.92 Å². The van der Waals surface area contributed by atoms with Gasteiger partial charge in [0.15, 0.2) is 0 Å². The van der Waals surface area contributed by atoms with Gasteiger partial charge < -0.3 is 20.1 Å². The van der Waals surface area contributed by atoms with E-state index in [4.69, 9.17) is 5.11 Å². The van der Waals surface area contributed by atoms with Crippen LogP contribution in [0.15, 0.2) is 36.8 Å². The van der Waals surface area contributed by atoms with Crippen molar-refractivity contribution in [2.75, 3.05) is 6.54 Å². The Morgan fingerprint density at radius 3 is 2.40 bits per heavy atom. The summed E-state index contributed by atoms with van der Waals surface area (Å²) < 4.78 is 1.97. The highest BCUT2D eigenvalue weighted by atomic mass is 16.4. The molecule has 30 heavy (non-hydrogen) atoms. The van der Waals surface area contributed by atoms with Crippen molar-refractivity contribution in [3.63, 3.8) is 0 Å². The van der Waals surface area contributed by atoms with E-state index in [1.807, 2.05) is 11.5 Å². The minimum atomic E-state index is -0.928. The van der Waals surface area contributed by atoms with Crippen LogP contribution in [-0.4, -0.2) is 44.3 Å². The smallest absolute Gasteiger partial charge is 0.321 e. The molecule has 0 saturated heterocycles. The lowest BCUT2D eigenvalue weighted by Crippen LogP contribution is -2.41. The third kappa shape index (κ3) is 7.30. The predicted octanol–water partition coefficient (Wildman–Crippen LogP) is 3.32.